The number of rotatable bonds is 3. The normalized spacial score (nSPS) is 11.6. The molecule has 0 atom stereocenters. The zero-order chi connectivity index (χ0) is 19.1. The predicted molar refractivity (Wildman–Crippen MR) is 92.0 cm³/mol. The fourth-order valence-corrected chi connectivity index (χ4v) is 2.92. The van der Waals surface area contributed by atoms with Gasteiger partial charge in [-0.2, -0.15) is 13.2 Å². The van der Waals surface area contributed by atoms with E-state index in [0.717, 1.165) is 18.2 Å². The molecule has 0 amide bonds. The van der Waals surface area contributed by atoms with Gasteiger partial charge in [0, 0.05) is 16.5 Å². The standard InChI is InChI=1S/C18H11ClF3NO3/c1-26-15-6-9(2-4-13(15)19)16-11-7-10(18(20,21)22)3-5-14(11)23-17(25)12(16)8-24/h2-8H,1H3,(H,23,25). The first-order chi connectivity index (χ1) is 12.3. The number of fused-ring (bicyclic) bond motifs is 1. The van der Waals surface area contributed by atoms with Crippen LogP contribution in [0.4, 0.5) is 13.2 Å². The number of aromatic nitrogens is 1. The van der Waals surface area contributed by atoms with E-state index in [1.807, 2.05) is 0 Å². The highest BCUT2D eigenvalue weighted by Crippen LogP contribution is 2.37. The lowest BCUT2D eigenvalue weighted by atomic mass is 9.95. The number of ether oxygens (including phenoxy) is 1. The number of H-pyrrole nitrogens is 1. The summed E-state index contributed by atoms with van der Waals surface area (Å²) >= 11 is 5.98. The molecule has 1 heterocycles. The van der Waals surface area contributed by atoms with Crippen molar-refractivity contribution in [1.29, 1.82) is 0 Å². The maximum atomic E-state index is 13.1. The Morgan fingerprint density at radius 3 is 2.50 bits per heavy atom. The van der Waals surface area contributed by atoms with E-state index in [1.54, 1.807) is 0 Å². The summed E-state index contributed by atoms with van der Waals surface area (Å²) in [5, 5.41) is 0.375. The van der Waals surface area contributed by atoms with E-state index in [9.17, 15) is 22.8 Å². The molecule has 3 rings (SSSR count). The summed E-state index contributed by atoms with van der Waals surface area (Å²) in [5.41, 5.74) is -1.27. The average Bonchev–Trinajstić information content (AvgIpc) is 2.60. The molecule has 0 spiro atoms. The molecule has 0 fully saturated rings. The largest absolute Gasteiger partial charge is 0.495 e. The summed E-state index contributed by atoms with van der Waals surface area (Å²) in [5.74, 6) is 0.265. The topological polar surface area (TPSA) is 59.2 Å². The van der Waals surface area contributed by atoms with Crippen LogP contribution in [0.1, 0.15) is 15.9 Å². The van der Waals surface area contributed by atoms with Crippen LogP contribution in [0.5, 0.6) is 5.75 Å². The van der Waals surface area contributed by atoms with Crippen molar-refractivity contribution in [3.8, 4) is 16.9 Å². The van der Waals surface area contributed by atoms with Crippen molar-refractivity contribution in [2.45, 2.75) is 6.18 Å². The number of halogens is 4. The Balaban J connectivity index is 2.44. The molecule has 0 saturated heterocycles. The molecule has 0 aliphatic heterocycles. The van der Waals surface area contributed by atoms with Gasteiger partial charge in [-0.25, -0.2) is 0 Å². The van der Waals surface area contributed by atoms with Gasteiger partial charge in [0.25, 0.3) is 5.56 Å². The lowest BCUT2D eigenvalue weighted by Crippen LogP contribution is -2.15. The van der Waals surface area contributed by atoms with Crippen LogP contribution in [0.15, 0.2) is 41.2 Å². The minimum absolute atomic E-state index is 0.0832. The number of carbonyl (C=O) groups is 1. The van der Waals surface area contributed by atoms with Crippen molar-refractivity contribution in [2.24, 2.45) is 0 Å². The maximum Gasteiger partial charge on any atom is 0.416 e. The van der Waals surface area contributed by atoms with E-state index in [0.29, 0.717) is 11.8 Å². The number of aromatic amines is 1. The van der Waals surface area contributed by atoms with Crippen molar-refractivity contribution in [1.82, 2.24) is 4.98 Å². The summed E-state index contributed by atoms with van der Waals surface area (Å²) < 4.78 is 44.4. The van der Waals surface area contributed by atoms with Gasteiger partial charge in [-0.15, -0.1) is 0 Å². The zero-order valence-electron chi connectivity index (χ0n) is 13.3. The van der Waals surface area contributed by atoms with Gasteiger partial charge in [0.1, 0.15) is 5.75 Å². The first kappa shape index (κ1) is 18.0. The van der Waals surface area contributed by atoms with Crippen molar-refractivity contribution in [3.05, 3.63) is 62.9 Å². The number of methoxy groups -OCH3 is 1. The van der Waals surface area contributed by atoms with Crippen LogP contribution >= 0.6 is 11.6 Å². The molecule has 1 N–H and O–H groups in total. The average molecular weight is 382 g/mol. The molecule has 1 aromatic heterocycles. The molecule has 8 heteroatoms. The van der Waals surface area contributed by atoms with E-state index in [2.05, 4.69) is 4.98 Å². The Kier molecular flexibility index (Phi) is 4.50. The summed E-state index contributed by atoms with van der Waals surface area (Å²) in [7, 11) is 1.38. The lowest BCUT2D eigenvalue weighted by Gasteiger charge is -2.14. The molecule has 3 aromatic rings. The molecule has 0 radical (unpaired) electrons. The quantitative estimate of drug-likeness (QED) is 0.670. The number of hydrogen-bond acceptors (Lipinski definition) is 3. The van der Waals surface area contributed by atoms with E-state index >= 15 is 0 Å². The molecule has 134 valence electrons. The predicted octanol–water partition coefficient (Wildman–Crippen LogP) is 4.69. The van der Waals surface area contributed by atoms with Crippen LogP contribution in [-0.2, 0) is 6.18 Å². The van der Waals surface area contributed by atoms with E-state index < -0.39 is 17.3 Å². The second-order valence-electron chi connectivity index (χ2n) is 5.47. The van der Waals surface area contributed by atoms with Gasteiger partial charge in [-0.1, -0.05) is 17.7 Å². The molecule has 4 nitrogen and oxygen atoms in total. The molecular weight excluding hydrogens is 371 g/mol. The van der Waals surface area contributed by atoms with Crippen LogP contribution in [0.2, 0.25) is 5.02 Å². The first-order valence-corrected chi connectivity index (χ1v) is 7.70. The smallest absolute Gasteiger partial charge is 0.416 e. The van der Waals surface area contributed by atoms with Crippen molar-refractivity contribution in [2.75, 3.05) is 7.11 Å². The van der Waals surface area contributed by atoms with Gasteiger partial charge in [0.15, 0.2) is 6.29 Å². The zero-order valence-corrected chi connectivity index (χ0v) is 14.0. The molecule has 0 saturated carbocycles. The number of nitrogens with one attached hydrogen (secondary N) is 1. The summed E-state index contributed by atoms with van der Waals surface area (Å²) in [6.07, 6.45) is -4.25. The minimum atomic E-state index is -4.57. The van der Waals surface area contributed by atoms with Crippen LogP contribution in [0, 0.1) is 0 Å². The maximum absolute atomic E-state index is 13.1. The number of hydrogen-bond donors (Lipinski definition) is 1. The third-order valence-corrected chi connectivity index (χ3v) is 4.25. The Morgan fingerprint density at radius 1 is 1.15 bits per heavy atom. The molecule has 0 aliphatic carbocycles. The highest BCUT2D eigenvalue weighted by Gasteiger charge is 2.31. The Bertz CT molecular complexity index is 1070. The molecular formula is C18H11ClF3NO3. The summed E-state index contributed by atoms with van der Waals surface area (Å²) in [6, 6.07) is 7.37. The minimum Gasteiger partial charge on any atom is -0.495 e. The van der Waals surface area contributed by atoms with Crippen LogP contribution in [0.3, 0.4) is 0 Å². The number of carbonyl (C=O) groups excluding carboxylic acids is 1. The van der Waals surface area contributed by atoms with E-state index in [1.165, 1.54) is 25.3 Å². The van der Waals surface area contributed by atoms with Gasteiger partial charge in [0.2, 0.25) is 0 Å². The molecule has 0 bridgehead atoms. The van der Waals surface area contributed by atoms with Crippen LogP contribution in [0.25, 0.3) is 22.0 Å². The second-order valence-corrected chi connectivity index (χ2v) is 5.88. The van der Waals surface area contributed by atoms with Crippen molar-refractivity contribution >= 4 is 28.8 Å². The third-order valence-electron chi connectivity index (χ3n) is 3.94. The SMILES string of the molecule is COc1cc(-c2c(C=O)c(=O)[nH]c3ccc(C(F)(F)F)cc23)ccc1Cl. The molecule has 0 aliphatic rings. The lowest BCUT2D eigenvalue weighted by molar-refractivity contribution is -0.137. The molecule has 2 aromatic carbocycles. The van der Waals surface area contributed by atoms with E-state index in [4.69, 9.17) is 16.3 Å². The van der Waals surface area contributed by atoms with E-state index in [-0.39, 0.29) is 32.8 Å². The highest BCUT2D eigenvalue weighted by molar-refractivity contribution is 6.32. The Labute approximate surface area is 150 Å². The number of aldehydes is 1. The van der Waals surface area contributed by atoms with Gasteiger partial charge in [0.05, 0.1) is 23.3 Å². The Hall–Kier alpha value is -2.80. The van der Waals surface area contributed by atoms with Gasteiger partial charge in [-0.3, -0.25) is 9.59 Å². The van der Waals surface area contributed by atoms with Gasteiger partial charge in [-0.05, 0) is 35.9 Å². The number of benzene rings is 2. The molecule has 0 unspecified atom stereocenters. The van der Waals surface area contributed by atoms with Gasteiger partial charge >= 0.3 is 6.18 Å². The molecule has 26 heavy (non-hydrogen) atoms. The highest BCUT2D eigenvalue weighted by atomic mass is 35.5. The van der Waals surface area contributed by atoms with Crippen molar-refractivity contribution < 1.29 is 22.7 Å². The fraction of sp³-hybridized carbons (Fsp3) is 0.111. The summed E-state index contributed by atoms with van der Waals surface area (Å²) in [4.78, 5) is 26.1. The number of alkyl halides is 3. The van der Waals surface area contributed by atoms with Crippen molar-refractivity contribution in [3.63, 3.8) is 0 Å². The van der Waals surface area contributed by atoms with Crippen LogP contribution < -0.4 is 10.3 Å². The van der Waals surface area contributed by atoms with Crippen LogP contribution in [-0.4, -0.2) is 18.4 Å². The Morgan fingerprint density at radius 2 is 1.88 bits per heavy atom. The monoisotopic (exact) mass is 381 g/mol. The summed E-state index contributed by atoms with van der Waals surface area (Å²) in [6.45, 7) is 0. The third kappa shape index (κ3) is 3.06. The second kappa shape index (κ2) is 6.49. The van der Waals surface area contributed by atoms with Gasteiger partial charge < -0.3 is 9.72 Å². The fourth-order valence-electron chi connectivity index (χ4n) is 2.72. The number of pyridine rings is 1. The first-order valence-electron chi connectivity index (χ1n) is 7.32.